The van der Waals surface area contributed by atoms with Crippen LogP contribution in [0.2, 0.25) is 0 Å². The van der Waals surface area contributed by atoms with Crippen LogP contribution in [0.15, 0.2) is 66.2 Å². The molecule has 1 fully saturated rings. The number of amides is 1. The molecule has 1 saturated heterocycles. The van der Waals surface area contributed by atoms with E-state index in [0.717, 1.165) is 42.7 Å². The van der Waals surface area contributed by atoms with Gasteiger partial charge in [-0.2, -0.15) is 0 Å². The molecule has 172 valence electrons. The Morgan fingerprint density at radius 3 is 2.50 bits per heavy atom. The molecule has 0 aliphatic carbocycles. The van der Waals surface area contributed by atoms with E-state index in [0.29, 0.717) is 22.2 Å². The summed E-state index contributed by atoms with van der Waals surface area (Å²) in [4.78, 5) is 34.4. The maximum absolute atomic E-state index is 12.9. The number of rotatable bonds is 7. The van der Waals surface area contributed by atoms with Crippen molar-refractivity contribution >= 4 is 23.5 Å². The molecule has 34 heavy (non-hydrogen) atoms. The molecule has 1 amide bonds. The molecule has 0 unspecified atom stereocenters. The van der Waals surface area contributed by atoms with E-state index < -0.39 is 0 Å². The summed E-state index contributed by atoms with van der Waals surface area (Å²) < 4.78 is 1.95. The van der Waals surface area contributed by atoms with E-state index in [-0.39, 0.29) is 17.4 Å². The standard InChI is InChI=1S/C25H24N6O2S/c1-17-4-6-20(7-5-17)31-23(18-8-10-26-11-9-18)28-29-25(31)34-16-22(32)19-14-21(27-15-19)24(33)30-12-2-3-13-30/h4-11,14-15,27H,2-3,12-13,16H2,1H3. The van der Waals surface area contributed by atoms with Crippen LogP contribution in [-0.4, -0.2) is 60.2 Å². The van der Waals surface area contributed by atoms with E-state index in [1.54, 1.807) is 24.7 Å². The van der Waals surface area contributed by atoms with Gasteiger partial charge in [0.1, 0.15) is 5.69 Å². The van der Waals surface area contributed by atoms with Crippen molar-refractivity contribution in [3.8, 4) is 17.1 Å². The van der Waals surface area contributed by atoms with Crippen molar-refractivity contribution in [2.24, 2.45) is 0 Å². The Hall–Kier alpha value is -3.72. The minimum absolute atomic E-state index is 0.0506. The number of carbonyl (C=O) groups excluding carboxylic acids is 2. The third kappa shape index (κ3) is 4.51. The first-order valence-corrected chi connectivity index (χ1v) is 12.2. The number of hydrogen-bond donors (Lipinski definition) is 1. The zero-order chi connectivity index (χ0) is 23.5. The summed E-state index contributed by atoms with van der Waals surface area (Å²) in [5.41, 5.74) is 3.90. The number of likely N-dealkylation sites (tertiary alicyclic amines) is 1. The minimum Gasteiger partial charge on any atom is -0.356 e. The molecule has 5 rings (SSSR count). The smallest absolute Gasteiger partial charge is 0.270 e. The van der Waals surface area contributed by atoms with Crippen LogP contribution in [-0.2, 0) is 0 Å². The van der Waals surface area contributed by atoms with E-state index in [1.165, 1.54) is 11.8 Å². The molecule has 8 nitrogen and oxygen atoms in total. The monoisotopic (exact) mass is 472 g/mol. The van der Waals surface area contributed by atoms with E-state index in [9.17, 15) is 9.59 Å². The number of nitrogens with one attached hydrogen (secondary N) is 1. The van der Waals surface area contributed by atoms with E-state index in [1.807, 2.05) is 52.8 Å². The maximum atomic E-state index is 12.9. The van der Waals surface area contributed by atoms with Crippen molar-refractivity contribution < 1.29 is 9.59 Å². The van der Waals surface area contributed by atoms with E-state index in [4.69, 9.17) is 0 Å². The van der Waals surface area contributed by atoms with Crippen LogP contribution < -0.4 is 0 Å². The lowest BCUT2D eigenvalue weighted by Gasteiger charge is -2.13. The number of hydrogen-bond acceptors (Lipinski definition) is 6. The Labute approximate surface area is 201 Å². The number of thioether (sulfide) groups is 1. The van der Waals surface area contributed by atoms with Gasteiger partial charge in [-0.15, -0.1) is 10.2 Å². The van der Waals surface area contributed by atoms with E-state index >= 15 is 0 Å². The van der Waals surface area contributed by atoms with Crippen LogP contribution in [0, 0.1) is 6.92 Å². The molecule has 1 aromatic carbocycles. The number of nitrogens with zero attached hydrogens (tertiary/aromatic N) is 5. The molecule has 9 heteroatoms. The SMILES string of the molecule is Cc1ccc(-n2c(SCC(=O)c3c[nH]c(C(=O)N4CCCC4)c3)nnc2-c2ccncc2)cc1. The van der Waals surface area contributed by atoms with Crippen molar-refractivity contribution in [2.45, 2.75) is 24.9 Å². The number of aryl methyl sites for hydroxylation is 1. The molecule has 3 aromatic heterocycles. The molecule has 4 aromatic rings. The molecular formula is C25H24N6O2S. The normalized spacial score (nSPS) is 13.4. The Balaban J connectivity index is 1.36. The number of aromatic amines is 1. The van der Waals surface area contributed by atoms with Crippen LogP contribution in [0.25, 0.3) is 17.1 Å². The Morgan fingerprint density at radius 1 is 1.03 bits per heavy atom. The third-order valence-electron chi connectivity index (χ3n) is 5.83. The van der Waals surface area contributed by atoms with Crippen molar-refractivity contribution in [2.75, 3.05) is 18.8 Å². The van der Waals surface area contributed by atoms with Crippen molar-refractivity contribution in [1.29, 1.82) is 0 Å². The van der Waals surface area contributed by atoms with Gasteiger partial charge in [0, 0.05) is 48.5 Å². The highest BCUT2D eigenvalue weighted by atomic mass is 32.2. The van der Waals surface area contributed by atoms with Gasteiger partial charge in [0.15, 0.2) is 16.8 Å². The van der Waals surface area contributed by atoms with Gasteiger partial charge in [0.05, 0.1) is 5.75 Å². The lowest BCUT2D eigenvalue weighted by atomic mass is 10.2. The van der Waals surface area contributed by atoms with Crippen LogP contribution >= 0.6 is 11.8 Å². The largest absolute Gasteiger partial charge is 0.356 e. The van der Waals surface area contributed by atoms with Gasteiger partial charge in [0.2, 0.25) is 0 Å². The minimum atomic E-state index is -0.0781. The molecule has 1 N–H and O–H groups in total. The molecule has 0 spiro atoms. The van der Waals surface area contributed by atoms with Crippen molar-refractivity contribution in [1.82, 2.24) is 29.6 Å². The van der Waals surface area contributed by atoms with Crippen LogP contribution in [0.3, 0.4) is 0 Å². The average Bonchev–Trinajstić information content (AvgIpc) is 3.64. The molecular weight excluding hydrogens is 448 g/mol. The second-order valence-electron chi connectivity index (χ2n) is 8.23. The van der Waals surface area contributed by atoms with Gasteiger partial charge in [0.25, 0.3) is 5.91 Å². The number of ketones is 1. The molecule has 0 bridgehead atoms. The molecule has 0 saturated carbocycles. The number of carbonyl (C=O) groups is 2. The lowest BCUT2D eigenvalue weighted by Crippen LogP contribution is -2.27. The Bertz CT molecular complexity index is 1310. The maximum Gasteiger partial charge on any atom is 0.270 e. The zero-order valence-electron chi connectivity index (χ0n) is 18.8. The van der Waals surface area contributed by atoms with Gasteiger partial charge in [-0.3, -0.25) is 19.1 Å². The first-order chi connectivity index (χ1) is 16.6. The van der Waals surface area contributed by atoms with Crippen molar-refractivity contribution in [3.05, 3.63) is 77.9 Å². The second kappa shape index (κ2) is 9.64. The fourth-order valence-corrected chi connectivity index (χ4v) is 4.81. The summed E-state index contributed by atoms with van der Waals surface area (Å²) >= 11 is 1.32. The van der Waals surface area contributed by atoms with Gasteiger partial charge >= 0.3 is 0 Å². The summed E-state index contributed by atoms with van der Waals surface area (Å²) in [6.07, 6.45) is 7.09. The first-order valence-electron chi connectivity index (χ1n) is 11.2. The predicted octanol–water partition coefficient (Wildman–Crippen LogP) is 4.18. The van der Waals surface area contributed by atoms with Crippen LogP contribution in [0.4, 0.5) is 0 Å². The van der Waals surface area contributed by atoms with E-state index in [2.05, 4.69) is 20.2 Å². The highest BCUT2D eigenvalue weighted by molar-refractivity contribution is 7.99. The summed E-state index contributed by atoms with van der Waals surface area (Å²) in [7, 11) is 0. The summed E-state index contributed by atoms with van der Waals surface area (Å²) in [5, 5.41) is 9.40. The number of benzene rings is 1. The highest BCUT2D eigenvalue weighted by Gasteiger charge is 2.22. The summed E-state index contributed by atoms with van der Waals surface area (Å²) in [6, 6.07) is 13.5. The molecule has 0 atom stereocenters. The zero-order valence-corrected chi connectivity index (χ0v) is 19.6. The number of aromatic nitrogens is 5. The third-order valence-corrected chi connectivity index (χ3v) is 6.75. The first kappa shape index (κ1) is 22.1. The van der Waals surface area contributed by atoms with Crippen LogP contribution in [0.1, 0.15) is 39.3 Å². The topological polar surface area (TPSA) is 96.8 Å². The van der Waals surface area contributed by atoms with Gasteiger partial charge in [-0.1, -0.05) is 29.5 Å². The van der Waals surface area contributed by atoms with Gasteiger partial charge in [-0.05, 0) is 50.1 Å². The predicted molar refractivity (Wildman–Crippen MR) is 130 cm³/mol. The lowest BCUT2D eigenvalue weighted by molar-refractivity contribution is 0.0787. The second-order valence-corrected chi connectivity index (χ2v) is 9.17. The highest BCUT2D eigenvalue weighted by Crippen LogP contribution is 2.28. The number of H-pyrrole nitrogens is 1. The fourth-order valence-electron chi connectivity index (χ4n) is 3.96. The molecule has 4 heterocycles. The van der Waals surface area contributed by atoms with Gasteiger partial charge in [-0.25, -0.2) is 0 Å². The van der Waals surface area contributed by atoms with Crippen molar-refractivity contribution in [3.63, 3.8) is 0 Å². The van der Waals surface area contributed by atoms with Gasteiger partial charge < -0.3 is 9.88 Å². The average molecular weight is 473 g/mol. The Kier molecular flexibility index (Phi) is 6.27. The quantitative estimate of drug-likeness (QED) is 0.320. The summed E-state index contributed by atoms with van der Waals surface area (Å²) in [6.45, 7) is 3.57. The number of Topliss-reactive ketones (excluding diaryl/α,β-unsaturated/α-hetero) is 1. The number of pyridine rings is 1. The fraction of sp³-hybridized carbons (Fsp3) is 0.240. The molecule has 1 aliphatic heterocycles. The molecule has 1 aliphatic rings. The molecule has 0 radical (unpaired) electrons. The van der Waals surface area contributed by atoms with Crippen LogP contribution in [0.5, 0.6) is 0 Å². The Morgan fingerprint density at radius 2 is 1.76 bits per heavy atom. The summed E-state index contributed by atoms with van der Waals surface area (Å²) in [5.74, 6) is 0.729.